The van der Waals surface area contributed by atoms with Gasteiger partial charge in [0.25, 0.3) is 0 Å². The Labute approximate surface area is 306 Å². The Morgan fingerprint density at radius 2 is 1.83 bits per heavy atom. The van der Waals surface area contributed by atoms with Gasteiger partial charge in [-0.15, -0.1) is 0 Å². The molecule has 9 unspecified atom stereocenters. The van der Waals surface area contributed by atoms with E-state index in [9.17, 15) is 29.7 Å². The van der Waals surface area contributed by atoms with Crippen molar-refractivity contribution in [3.05, 3.63) is 78.1 Å². The molecular formula is C39H57N3O10. The topological polar surface area (TPSA) is 190 Å². The molecule has 13 heteroatoms. The minimum Gasteiger partial charge on any atom is -0.458 e. The van der Waals surface area contributed by atoms with Crippen LogP contribution in [0, 0.1) is 29.6 Å². The van der Waals surface area contributed by atoms with Crippen molar-refractivity contribution in [1.29, 1.82) is 0 Å². The van der Waals surface area contributed by atoms with Crippen molar-refractivity contribution in [2.45, 2.75) is 90.4 Å². The smallest absolute Gasteiger partial charge is 0.321 e. The Bertz CT molecular complexity index is 1540. The average Bonchev–Trinajstić information content (AvgIpc) is 3.61. The number of hydrogen-bond donors (Lipinski definition) is 5. The molecule has 0 aromatic carbocycles. The minimum absolute atomic E-state index is 0.00616. The summed E-state index contributed by atoms with van der Waals surface area (Å²) in [6, 6.07) is -0.997. The number of oxazole rings is 1. The van der Waals surface area contributed by atoms with Crippen molar-refractivity contribution in [1.82, 2.24) is 15.6 Å². The molecule has 5 N–H and O–H groups in total. The summed E-state index contributed by atoms with van der Waals surface area (Å²) in [6.45, 7) is 10.5. The normalized spacial score (nSPS) is 27.9. The van der Waals surface area contributed by atoms with E-state index in [1.54, 1.807) is 91.2 Å². The number of rotatable bonds is 19. The summed E-state index contributed by atoms with van der Waals surface area (Å²) < 4.78 is 21.8. The van der Waals surface area contributed by atoms with E-state index in [4.69, 9.17) is 18.6 Å². The fraction of sp³-hybridized carbons (Fsp3) is 0.590. The van der Waals surface area contributed by atoms with Gasteiger partial charge in [-0.05, 0) is 45.7 Å². The lowest BCUT2D eigenvalue weighted by atomic mass is 9.60. The minimum atomic E-state index is -1.93. The number of aliphatic hydroxyl groups is 3. The molecule has 288 valence electrons. The van der Waals surface area contributed by atoms with E-state index in [2.05, 4.69) is 15.6 Å². The number of nitrogens with one attached hydrogen (secondary N) is 2. The molecule has 1 aliphatic carbocycles. The van der Waals surface area contributed by atoms with Gasteiger partial charge in [-0.1, -0.05) is 68.5 Å². The highest BCUT2D eigenvalue weighted by molar-refractivity contribution is 6.02. The highest BCUT2D eigenvalue weighted by atomic mass is 16.6. The van der Waals surface area contributed by atoms with Crippen LogP contribution < -0.4 is 10.6 Å². The number of hydrogen-bond acceptors (Lipinski definition) is 12. The van der Waals surface area contributed by atoms with Gasteiger partial charge in [0.2, 0.25) is 5.91 Å². The molecule has 0 bridgehead atoms. The van der Waals surface area contributed by atoms with Crippen LogP contribution in [0.1, 0.15) is 52.7 Å². The molecule has 1 saturated heterocycles. The summed E-state index contributed by atoms with van der Waals surface area (Å²) in [4.78, 5) is 43.5. The Morgan fingerprint density at radius 3 is 2.42 bits per heavy atom. The van der Waals surface area contributed by atoms with Gasteiger partial charge >= 0.3 is 5.97 Å². The van der Waals surface area contributed by atoms with Crippen molar-refractivity contribution in [3.8, 4) is 0 Å². The number of carbonyl (C=O) groups excluding carboxylic acids is 3. The fourth-order valence-corrected chi connectivity index (χ4v) is 7.28. The number of cyclic esters (lactones) is 1. The molecule has 3 rings (SSSR count). The second kappa shape index (κ2) is 18.4. The monoisotopic (exact) mass is 727 g/mol. The molecule has 1 aromatic heterocycles. The highest BCUT2D eigenvalue weighted by Gasteiger charge is 2.82. The van der Waals surface area contributed by atoms with Crippen molar-refractivity contribution in [2.75, 3.05) is 34.4 Å². The molecule has 13 nitrogen and oxygen atoms in total. The third-order valence-corrected chi connectivity index (χ3v) is 10.5. The van der Waals surface area contributed by atoms with Gasteiger partial charge in [-0.3, -0.25) is 14.4 Å². The lowest BCUT2D eigenvalue weighted by Gasteiger charge is -2.56. The van der Waals surface area contributed by atoms with Crippen LogP contribution in [0.2, 0.25) is 0 Å². The molecule has 0 radical (unpaired) electrons. The molecule has 2 aliphatic rings. The number of ether oxygens (including phenoxy) is 3. The van der Waals surface area contributed by atoms with Crippen molar-refractivity contribution in [2.24, 2.45) is 22.7 Å². The molecule has 2 fully saturated rings. The van der Waals surface area contributed by atoms with Gasteiger partial charge in [-0.2, -0.15) is 0 Å². The predicted octanol–water partition coefficient (Wildman–Crippen LogP) is 2.70. The van der Waals surface area contributed by atoms with Crippen LogP contribution >= 0.6 is 0 Å². The van der Waals surface area contributed by atoms with Crippen LogP contribution in [0.4, 0.5) is 0 Å². The summed E-state index contributed by atoms with van der Waals surface area (Å²) >= 11 is 0. The van der Waals surface area contributed by atoms with Gasteiger partial charge in [0.15, 0.2) is 17.1 Å². The van der Waals surface area contributed by atoms with Gasteiger partial charge in [-0.25, -0.2) is 4.98 Å². The van der Waals surface area contributed by atoms with E-state index in [1.807, 2.05) is 18.2 Å². The molecule has 2 heterocycles. The average molecular weight is 728 g/mol. The number of aromatic nitrogens is 1. The van der Waals surface area contributed by atoms with Crippen LogP contribution in [0.15, 0.2) is 70.9 Å². The number of likely N-dealkylation sites (N-methyl/N-ethyl adjacent to an activating group) is 1. The number of allylic oxidation sites excluding steroid dienone is 7. The van der Waals surface area contributed by atoms with Crippen LogP contribution in [0.5, 0.6) is 0 Å². The van der Waals surface area contributed by atoms with Crippen LogP contribution in [-0.4, -0.2) is 108 Å². The molecule has 1 saturated carbocycles. The number of aryl methyl sites for hydroxylation is 1. The second-order valence-electron chi connectivity index (χ2n) is 14.2. The van der Waals surface area contributed by atoms with Gasteiger partial charge in [0.05, 0.1) is 42.6 Å². The lowest BCUT2D eigenvalue weighted by molar-refractivity contribution is -0.277. The maximum atomic E-state index is 13.3. The fourth-order valence-electron chi connectivity index (χ4n) is 7.28. The third kappa shape index (κ3) is 8.56. The SMILES string of the molecule is CNC1C(=O)C(C)C(O)(C(CC(C)C(O)/C=C/C=C/CNC(=O)C(C)(C)C(O)C(C)=CC=C/C=C/Cc2cnc(C)o2)OC)C12C(=O)OC2COC. The third-order valence-electron chi connectivity index (χ3n) is 10.5. The zero-order valence-electron chi connectivity index (χ0n) is 31.8. The molecule has 1 spiro atoms. The summed E-state index contributed by atoms with van der Waals surface area (Å²) in [6.07, 6.45) is 14.4. The molecule has 1 aromatic rings. The Hall–Kier alpha value is -3.72. The Morgan fingerprint density at radius 1 is 1.13 bits per heavy atom. The largest absolute Gasteiger partial charge is 0.458 e. The number of methoxy groups -OCH3 is 2. The number of carbonyl (C=O) groups is 3. The summed E-state index contributed by atoms with van der Waals surface area (Å²) in [7, 11) is 4.41. The number of ketones is 1. The first-order valence-electron chi connectivity index (χ1n) is 17.6. The van der Waals surface area contributed by atoms with E-state index in [0.717, 1.165) is 5.76 Å². The maximum absolute atomic E-state index is 13.3. The Kier molecular flexibility index (Phi) is 15.1. The zero-order chi connectivity index (χ0) is 38.9. The molecule has 1 aliphatic heterocycles. The molecule has 52 heavy (non-hydrogen) atoms. The number of esters is 1. The van der Waals surface area contributed by atoms with Crippen LogP contribution in [-0.2, 0) is 35.0 Å². The van der Waals surface area contributed by atoms with Crippen LogP contribution in [0.25, 0.3) is 0 Å². The number of nitrogens with zero attached hydrogens (tertiary/aromatic N) is 1. The first-order valence-corrected chi connectivity index (χ1v) is 17.6. The summed E-state index contributed by atoms with van der Waals surface area (Å²) in [5, 5.41) is 39.9. The van der Waals surface area contributed by atoms with Crippen molar-refractivity contribution >= 4 is 17.7 Å². The standard InChI is InChI=1S/C39H57N3O10/c1-24(17-13-10-11-14-18-28-22-42-27(4)51-28)34(45)37(5,6)35(46)41-20-16-12-15-19-29(43)25(2)21-30(50-9)39(48)26(3)32(44)33(40-7)38(39)31(23-49-8)52-36(38)47/h10-17,19,22,25-26,29-31,33-34,40,43,45,48H,18,20-21,23H2,1-9H3,(H,41,46)/b13-10?,14-11+,16-12+,19-15+,24-17?. The second-order valence-corrected chi connectivity index (χ2v) is 14.2. The lowest BCUT2D eigenvalue weighted by Crippen LogP contribution is -2.77. The number of amides is 1. The number of Topliss-reactive ketones (excluding diaryl/α,β-unsaturated/α-hetero) is 1. The van der Waals surface area contributed by atoms with Crippen LogP contribution in [0.3, 0.4) is 0 Å². The predicted molar refractivity (Wildman–Crippen MR) is 195 cm³/mol. The molecule has 9 atom stereocenters. The van der Waals surface area contributed by atoms with Gasteiger partial charge in [0.1, 0.15) is 17.5 Å². The van der Waals surface area contributed by atoms with E-state index in [1.165, 1.54) is 14.2 Å². The van der Waals surface area contributed by atoms with Gasteiger partial charge in [0, 0.05) is 40.0 Å². The first kappa shape index (κ1) is 42.7. The summed E-state index contributed by atoms with van der Waals surface area (Å²) in [5.74, 6) is -1.36. The molecular weight excluding hydrogens is 670 g/mol. The van der Waals surface area contributed by atoms with Gasteiger partial charge < -0.3 is 44.6 Å². The number of aliphatic hydroxyl groups excluding tert-OH is 2. The zero-order valence-corrected chi connectivity index (χ0v) is 31.8. The van der Waals surface area contributed by atoms with E-state index < -0.39 is 64.7 Å². The Balaban J connectivity index is 1.54. The maximum Gasteiger partial charge on any atom is 0.321 e. The van der Waals surface area contributed by atoms with Crippen molar-refractivity contribution in [3.63, 3.8) is 0 Å². The first-order chi connectivity index (χ1) is 24.5. The van der Waals surface area contributed by atoms with E-state index in [-0.39, 0.29) is 31.3 Å². The molecule has 1 amide bonds. The van der Waals surface area contributed by atoms with Crippen molar-refractivity contribution < 1.29 is 48.3 Å². The van der Waals surface area contributed by atoms with E-state index >= 15 is 0 Å². The highest BCUT2D eigenvalue weighted by Crippen LogP contribution is 2.59. The van der Waals surface area contributed by atoms with E-state index in [0.29, 0.717) is 17.9 Å². The quantitative estimate of drug-likeness (QED) is 0.104. The summed E-state index contributed by atoms with van der Waals surface area (Å²) in [5.41, 5.74) is -4.01.